The number of likely N-dealkylation sites (tertiary alicyclic amines) is 1. The molecule has 1 aliphatic heterocycles. The minimum absolute atomic E-state index is 0.0125. The van der Waals surface area contributed by atoms with Gasteiger partial charge in [0.25, 0.3) is 0 Å². The van der Waals surface area contributed by atoms with E-state index < -0.39 is 11.7 Å². The third-order valence-electron chi connectivity index (χ3n) is 11.5. The van der Waals surface area contributed by atoms with Crippen molar-refractivity contribution in [2.45, 2.75) is 82.5 Å². The van der Waals surface area contributed by atoms with Crippen molar-refractivity contribution in [3.8, 4) is 0 Å². The van der Waals surface area contributed by atoms with Crippen LogP contribution in [-0.4, -0.2) is 86.5 Å². The van der Waals surface area contributed by atoms with E-state index in [1.54, 1.807) is 14.2 Å². The number of aliphatic hydroxyl groups is 1. The summed E-state index contributed by atoms with van der Waals surface area (Å²) in [5.74, 6) is 0.364. The maximum atomic E-state index is 12.5. The summed E-state index contributed by atoms with van der Waals surface area (Å²) in [6.07, 6.45) is 3.09. The first-order valence-electron chi connectivity index (χ1n) is 12.9. The number of carbonyl (C=O) groups excluding carboxylic acids is 1. The molecule has 0 radical (unpaired) electrons. The summed E-state index contributed by atoms with van der Waals surface area (Å²) in [6, 6.07) is 0.206. The first-order chi connectivity index (χ1) is 15.7. The summed E-state index contributed by atoms with van der Waals surface area (Å²) in [4.78, 5) is 15.2. The third kappa shape index (κ3) is 2.37. The van der Waals surface area contributed by atoms with Gasteiger partial charge >= 0.3 is 5.97 Å². The van der Waals surface area contributed by atoms with Crippen LogP contribution in [0, 0.1) is 40.4 Å². The van der Waals surface area contributed by atoms with Crippen molar-refractivity contribution in [2.24, 2.45) is 40.4 Å². The van der Waals surface area contributed by atoms with Gasteiger partial charge < -0.3 is 24.1 Å². The van der Waals surface area contributed by atoms with Crippen molar-refractivity contribution in [3.05, 3.63) is 0 Å². The van der Waals surface area contributed by atoms with Gasteiger partial charge in [0.1, 0.15) is 6.10 Å². The Morgan fingerprint density at radius 1 is 1.18 bits per heavy atom. The molecule has 0 amide bonds. The number of hydrogen-bond acceptors (Lipinski definition) is 7. The number of carbonyl (C=O) groups is 1. The summed E-state index contributed by atoms with van der Waals surface area (Å²) < 4.78 is 25.3. The van der Waals surface area contributed by atoms with Gasteiger partial charge in [-0.05, 0) is 37.1 Å². The van der Waals surface area contributed by atoms with Gasteiger partial charge in [-0.2, -0.15) is 0 Å². The minimum atomic E-state index is -0.581. The Bertz CT molecular complexity index is 838. The molecule has 1 N–H and O–H groups in total. The molecule has 186 valence electrons. The summed E-state index contributed by atoms with van der Waals surface area (Å²) in [6.45, 7) is 8.17. The van der Waals surface area contributed by atoms with Crippen LogP contribution in [0.2, 0.25) is 0 Å². The predicted molar refractivity (Wildman–Crippen MR) is 120 cm³/mol. The summed E-state index contributed by atoms with van der Waals surface area (Å²) in [5, 5.41) is 11.7. The first kappa shape index (κ1) is 22.7. The number of hydrogen-bond donors (Lipinski definition) is 1. The van der Waals surface area contributed by atoms with E-state index in [4.69, 9.17) is 18.9 Å². The Balaban J connectivity index is 1.65. The van der Waals surface area contributed by atoms with E-state index in [9.17, 15) is 9.90 Å². The lowest BCUT2D eigenvalue weighted by Gasteiger charge is -2.69. The van der Waals surface area contributed by atoms with Crippen molar-refractivity contribution in [1.29, 1.82) is 0 Å². The van der Waals surface area contributed by atoms with Crippen LogP contribution in [0.15, 0.2) is 0 Å². The van der Waals surface area contributed by atoms with Crippen LogP contribution in [0.4, 0.5) is 0 Å². The molecule has 7 nitrogen and oxygen atoms in total. The molecule has 33 heavy (non-hydrogen) atoms. The lowest BCUT2D eigenvalue weighted by molar-refractivity contribution is -0.276. The highest BCUT2D eigenvalue weighted by atomic mass is 16.6. The Kier molecular flexibility index (Phi) is 4.93. The Labute approximate surface area is 197 Å². The van der Waals surface area contributed by atoms with Gasteiger partial charge in [-0.15, -0.1) is 0 Å². The molecule has 5 saturated carbocycles. The van der Waals surface area contributed by atoms with Crippen molar-refractivity contribution >= 4 is 5.97 Å². The number of methoxy groups -OCH3 is 3. The highest BCUT2D eigenvalue weighted by Gasteiger charge is 2.86. The number of ether oxygens (including phenoxy) is 4. The zero-order valence-electron chi connectivity index (χ0n) is 21.0. The number of esters is 1. The highest BCUT2D eigenvalue weighted by molar-refractivity contribution is 5.66. The number of piperidine rings is 1. The largest absolute Gasteiger partial charge is 0.462 e. The molecule has 6 aliphatic rings. The van der Waals surface area contributed by atoms with Crippen LogP contribution in [0.25, 0.3) is 0 Å². The SMILES string of the molecule is CCN1C[C@]2(C)CCC(OC)C34[C@@H]5C[C@H]6C(O)[C@@H]5[C@](OC)(C[C@@H]6OC)C(C(OC(C)=O)[C@@H]32)[C@@H]14. The van der Waals surface area contributed by atoms with Gasteiger partial charge in [-0.1, -0.05) is 13.8 Å². The second-order valence-corrected chi connectivity index (χ2v) is 12.2. The molecule has 6 fully saturated rings. The van der Waals surface area contributed by atoms with Gasteiger partial charge in [0.15, 0.2) is 0 Å². The zero-order valence-corrected chi connectivity index (χ0v) is 21.0. The molecule has 0 aromatic carbocycles. The predicted octanol–water partition coefficient (Wildman–Crippen LogP) is 2.10. The fraction of sp³-hybridized carbons (Fsp3) is 0.962. The average Bonchev–Trinajstić information content (AvgIpc) is 3.17. The average molecular weight is 464 g/mol. The van der Waals surface area contributed by atoms with E-state index in [1.165, 1.54) is 6.92 Å². The molecule has 5 unspecified atom stereocenters. The van der Waals surface area contributed by atoms with E-state index in [2.05, 4.69) is 18.7 Å². The second-order valence-electron chi connectivity index (χ2n) is 12.2. The molecular formula is C26H41NO6. The fourth-order valence-corrected chi connectivity index (χ4v) is 11.1. The standard InChI is InChI=1S/C26H41NO6/c1-7-27-12-24(3)9-8-17(31-5)26-15-10-14-16(30-4)11-25(32-6,18(15)20(14)29)19(23(26)27)21(22(24)26)33-13(2)28/h14-23,29H,7-12H2,1-6H3/t14-,15-,16+,17?,18-,19?,20?,21?,22-,23-,24+,25-,26?/m1/s1. The molecule has 5 aliphatic carbocycles. The Morgan fingerprint density at radius 3 is 2.55 bits per heavy atom. The zero-order chi connectivity index (χ0) is 23.5. The van der Waals surface area contributed by atoms with Gasteiger partial charge in [-0.3, -0.25) is 9.69 Å². The minimum Gasteiger partial charge on any atom is -0.462 e. The molecule has 7 bridgehead atoms. The maximum Gasteiger partial charge on any atom is 0.302 e. The number of nitrogens with zero attached hydrogens (tertiary/aromatic N) is 1. The van der Waals surface area contributed by atoms with Crippen LogP contribution in [0.3, 0.4) is 0 Å². The molecule has 6 rings (SSSR count). The van der Waals surface area contributed by atoms with E-state index in [0.29, 0.717) is 0 Å². The third-order valence-corrected chi connectivity index (χ3v) is 11.5. The van der Waals surface area contributed by atoms with Gasteiger partial charge in [-0.25, -0.2) is 0 Å². The van der Waals surface area contributed by atoms with Gasteiger partial charge in [0, 0.05) is 76.3 Å². The molecule has 1 heterocycles. The second kappa shape index (κ2) is 7.16. The molecule has 1 spiro atoms. The summed E-state index contributed by atoms with van der Waals surface area (Å²) in [5.41, 5.74) is -0.707. The van der Waals surface area contributed by atoms with E-state index >= 15 is 0 Å². The van der Waals surface area contributed by atoms with Crippen molar-refractivity contribution in [1.82, 2.24) is 4.90 Å². The van der Waals surface area contributed by atoms with Gasteiger partial charge in [0.2, 0.25) is 0 Å². The topological polar surface area (TPSA) is 77.5 Å². The van der Waals surface area contributed by atoms with Crippen LogP contribution in [0.1, 0.15) is 46.5 Å². The van der Waals surface area contributed by atoms with Crippen molar-refractivity contribution in [3.63, 3.8) is 0 Å². The molecule has 0 aromatic rings. The number of rotatable bonds is 5. The molecular weight excluding hydrogens is 422 g/mol. The van der Waals surface area contributed by atoms with E-state index in [0.717, 1.165) is 38.8 Å². The van der Waals surface area contributed by atoms with Crippen LogP contribution in [0.5, 0.6) is 0 Å². The molecule has 0 aromatic heterocycles. The summed E-state index contributed by atoms with van der Waals surface area (Å²) in [7, 11) is 5.42. The Morgan fingerprint density at radius 2 is 1.94 bits per heavy atom. The molecule has 7 heteroatoms. The van der Waals surface area contributed by atoms with E-state index in [1.807, 2.05) is 7.11 Å². The Hall–Kier alpha value is -0.730. The molecule has 13 atom stereocenters. The van der Waals surface area contributed by atoms with E-state index in [-0.39, 0.29) is 70.7 Å². The lowest BCUT2D eigenvalue weighted by Crippen LogP contribution is -2.76. The van der Waals surface area contributed by atoms with Crippen LogP contribution < -0.4 is 0 Å². The fourth-order valence-electron chi connectivity index (χ4n) is 11.1. The van der Waals surface area contributed by atoms with Crippen LogP contribution >= 0.6 is 0 Å². The first-order valence-corrected chi connectivity index (χ1v) is 12.9. The van der Waals surface area contributed by atoms with Crippen molar-refractivity contribution in [2.75, 3.05) is 34.4 Å². The highest BCUT2D eigenvalue weighted by Crippen LogP contribution is 2.79. The maximum absolute atomic E-state index is 12.5. The monoisotopic (exact) mass is 463 g/mol. The number of fused-ring (bicyclic) bond motifs is 2. The molecule has 1 saturated heterocycles. The summed E-state index contributed by atoms with van der Waals surface area (Å²) >= 11 is 0. The lowest BCUT2D eigenvalue weighted by atomic mass is 9.43. The van der Waals surface area contributed by atoms with Gasteiger partial charge in [0.05, 0.1) is 23.9 Å². The quantitative estimate of drug-likeness (QED) is 0.626. The smallest absolute Gasteiger partial charge is 0.302 e. The number of aliphatic hydroxyl groups excluding tert-OH is 1. The normalized spacial score (nSPS) is 58.4. The van der Waals surface area contributed by atoms with Crippen LogP contribution in [-0.2, 0) is 23.7 Å². The van der Waals surface area contributed by atoms with Crippen molar-refractivity contribution < 1.29 is 28.8 Å².